The summed E-state index contributed by atoms with van der Waals surface area (Å²) >= 11 is 0. The molecule has 4 nitrogen and oxygen atoms in total. The summed E-state index contributed by atoms with van der Waals surface area (Å²) in [6, 6.07) is 5.79. The molecule has 0 aromatic heterocycles. The minimum Gasteiger partial charge on any atom is -0.508 e. The predicted octanol–water partition coefficient (Wildman–Crippen LogP) is 3.16. The zero-order valence-corrected chi connectivity index (χ0v) is 13.2. The van der Waals surface area contributed by atoms with Gasteiger partial charge in [0.2, 0.25) is 9.84 Å². The molecule has 0 spiro atoms. The van der Waals surface area contributed by atoms with Gasteiger partial charge >= 0.3 is 0 Å². The van der Waals surface area contributed by atoms with E-state index in [1.807, 2.05) is 0 Å². The van der Waals surface area contributed by atoms with E-state index in [4.69, 9.17) is 0 Å². The third kappa shape index (κ3) is 2.38. The molecule has 0 aliphatic carbocycles. The van der Waals surface area contributed by atoms with Gasteiger partial charge in [0.05, 0.1) is 4.90 Å². The number of hydrogen-bond acceptors (Lipinski definition) is 4. The molecule has 21 heavy (non-hydrogen) atoms. The summed E-state index contributed by atoms with van der Waals surface area (Å²) in [6.45, 7) is 6.77. The summed E-state index contributed by atoms with van der Waals surface area (Å²) in [6.07, 6.45) is 0. The third-order valence-electron chi connectivity index (χ3n) is 3.92. The molecular weight excluding hydrogens is 288 g/mol. The summed E-state index contributed by atoms with van der Waals surface area (Å²) < 4.78 is 25.7. The Labute approximate surface area is 124 Å². The molecule has 2 N–H and O–H groups in total. The molecule has 0 radical (unpaired) electrons. The van der Waals surface area contributed by atoms with Gasteiger partial charge in [0.1, 0.15) is 16.4 Å². The number of benzene rings is 2. The number of aryl methyl sites for hydroxylation is 1. The molecule has 2 aromatic carbocycles. The van der Waals surface area contributed by atoms with Crippen LogP contribution in [0.5, 0.6) is 11.5 Å². The van der Waals surface area contributed by atoms with Crippen LogP contribution in [0.25, 0.3) is 0 Å². The van der Waals surface area contributed by atoms with Crippen molar-refractivity contribution in [1.82, 2.24) is 0 Å². The lowest BCUT2D eigenvalue weighted by atomic mass is 10.1. The first kappa shape index (κ1) is 15.4. The van der Waals surface area contributed by atoms with Crippen molar-refractivity contribution in [2.75, 3.05) is 0 Å². The van der Waals surface area contributed by atoms with Crippen molar-refractivity contribution in [3.8, 4) is 11.5 Å². The average Bonchev–Trinajstić information content (AvgIpc) is 2.40. The molecule has 112 valence electrons. The largest absolute Gasteiger partial charge is 0.508 e. The molecule has 2 rings (SSSR count). The molecule has 0 amide bonds. The number of hydrogen-bond donors (Lipinski definition) is 2. The van der Waals surface area contributed by atoms with Crippen LogP contribution in [0.1, 0.15) is 22.3 Å². The average molecular weight is 306 g/mol. The summed E-state index contributed by atoms with van der Waals surface area (Å²) in [5, 5.41) is 19.7. The standard InChI is InChI=1S/C16H18O4S/c1-9-5-6-14(18)16(10(9)2)21(19,20)15-8-7-13(17)11(3)12(15)4/h5-8,17-18H,1-4H3. The Morgan fingerprint density at radius 3 is 1.95 bits per heavy atom. The van der Waals surface area contributed by atoms with E-state index in [1.54, 1.807) is 33.8 Å². The molecule has 2 aromatic rings. The Hall–Kier alpha value is -2.01. The second-order valence-electron chi connectivity index (χ2n) is 5.19. The first-order valence-corrected chi connectivity index (χ1v) is 7.99. The summed E-state index contributed by atoms with van der Waals surface area (Å²) in [5.41, 5.74) is 2.32. The van der Waals surface area contributed by atoms with Crippen molar-refractivity contribution < 1.29 is 18.6 Å². The van der Waals surface area contributed by atoms with Crippen LogP contribution in [0.3, 0.4) is 0 Å². The van der Waals surface area contributed by atoms with Crippen molar-refractivity contribution in [1.29, 1.82) is 0 Å². The molecule has 0 bridgehead atoms. The molecular formula is C16H18O4S. The van der Waals surface area contributed by atoms with E-state index < -0.39 is 9.84 Å². The van der Waals surface area contributed by atoms with Crippen LogP contribution < -0.4 is 0 Å². The van der Waals surface area contributed by atoms with E-state index in [0.717, 1.165) is 5.56 Å². The lowest BCUT2D eigenvalue weighted by Crippen LogP contribution is -2.08. The highest BCUT2D eigenvalue weighted by atomic mass is 32.2. The topological polar surface area (TPSA) is 74.6 Å². The first-order chi connectivity index (χ1) is 9.67. The van der Waals surface area contributed by atoms with Crippen LogP contribution in [0.4, 0.5) is 0 Å². The monoisotopic (exact) mass is 306 g/mol. The van der Waals surface area contributed by atoms with Crippen molar-refractivity contribution in [2.24, 2.45) is 0 Å². The third-order valence-corrected chi connectivity index (χ3v) is 6.00. The van der Waals surface area contributed by atoms with Crippen LogP contribution in [0.15, 0.2) is 34.1 Å². The van der Waals surface area contributed by atoms with Crippen LogP contribution in [-0.4, -0.2) is 18.6 Å². The van der Waals surface area contributed by atoms with Crippen LogP contribution in [0, 0.1) is 27.7 Å². The molecule has 0 aliphatic heterocycles. The smallest absolute Gasteiger partial charge is 0.210 e. The Morgan fingerprint density at radius 1 is 0.762 bits per heavy atom. The van der Waals surface area contributed by atoms with Gasteiger partial charge in [0.25, 0.3) is 0 Å². The normalized spacial score (nSPS) is 11.6. The van der Waals surface area contributed by atoms with Crippen LogP contribution in [0.2, 0.25) is 0 Å². The van der Waals surface area contributed by atoms with Gasteiger partial charge in [-0.1, -0.05) is 6.07 Å². The molecule has 5 heteroatoms. The zero-order valence-electron chi connectivity index (χ0n) is 12.4. The molecule has 0 unspecified atom stereocenters. The van der Waals surface area contributed by atoms with Gasteiger partial charge < -0.3 is 10.2 Å². The van der Waals surface area contributed by atoms with Gasteiger partial charge in [0.15, 0.2) is 0 Å². The number of rotatable bonds is 2. The van der Waals surface area contributed by atoms with Crippen LogP contribution in [-0.2, 0) is 9.84 Å². The molecule has 0 fully saturated rings. The van der Waals surface area contributed by atoms with E-state index in [2.05, 4.69) is 0 Å². The maximum Gasteiger partial charge on any atom is 0.210 e. The SMILES string of the molecule is Cc1ccc(O)c(S(=O)(=O)c2ccc(O)c(C)c2C)c1C. The van der Waals surface area contributed by atoms with Gasteiger partial charge in [-0.25, -0.2) is 8.42 Å². The van der Waals surface area contributed by atoms with Crippen molar-refractivity contribution >= 4 is 9.84 Å². The number of phenols is 2. The van der Waals surface area contributed by atoms with E-state index in [-0.39, 0.29) is 21.3 Å². The van der Waals surface area contributed by atoms with E-state index in [0.29, 0.717) is 16.7 Å². The lowest BCUT2D eigenvalue weighted by Gasteiger charge is -2.15. The molecule has 0 saturated heterocycles. The Morgan fingerprint density at radius 2 is 1.33 bits per heavy atom. The molecule has 0 saturated carbocycles. The highest BCUT2D eigenvalue weighted by Crippen LogP contribution is 2.36. The van der Waals surface area contributed by atoms with Gasteiger partial charge in [-0.05, 0) is 68.1 Å². The van der Waals surface area contributed by atoms with E-state index >= 15 is 0 Å². The van der Waals surface area contributed by atoms with Crippen molar-refractivity contribution in [3.05, 3.63) is 46.5 Å². The quantitative estimate of drug-likeness (QED) is 0.893. The zero-order chi connectivity index (χ0) is 15.9. The maximum absolute atomic E-state index is 12.9. The number of aromatic hydroxyl groups is 2. The highest BCUT2D eigenvalue weighted by Gasteiger charge is 2.27. The lowest BCUT2D eigenvalue weighted by molar-refractivity contribution is 0.457. The second-order valence-corrected chi connectivity index (χ2v) is 7.05. The Balaban J connectivity index is 2.81. The maximum atomic E-state index is 12.9. The fraction of sp³-hybridized carbons (Fsp3) is 0.250. The fourth-order valence-corrected chi connectivity index (χ4v) is 4.23. The van der Waals surface area contributed by atoms with Crippen molar-refractivity contribution in [3.63, 3.8) is 0 Å². The van der Waals surface area contributed by atoms with Gasteiger partial charge in [-0.2, -0.15) is 0 Å². The first-order valence-electron chi connectivity index (χ1n) is 6.51. The summed E-state index contributed by atoms with van der Waals surface area (Å²) in [4.78, 5) is 0.0255. The minimum absolute atomic E-state index is 0.0524. The molecule has 0 aliphatic rings. The van der Waals surface area contributed by atoms with E-state index in [9.17, 15) is 18.6 Å². The van der Waals surface area contributed by atoms with Gasteiger partial charge in [-0.3, -0.25) is 0 Å². The van der Waals surface area contributed by atoms with Crippen LogP contribution >= 0.6 is 0 Å². The van der Waals surface area contributed by atoms with Crippen molar-refractivity contribution in [2.45, 2.75) is 37.5 Å². The predicted molar refractivity (Wildman–Crippen MR) is 80.6 cm³/mol. The van der Waals surface area contributed by atoms with Gasteiger partial charge in [0, 0.05) is 0 Å². The molecule has 0 heterocycles. The Kier molecular flexibility index (Phi) is 3.72. The Bertz CT molecular complexity index is 821. The summed E-state index contributed by atoms with van der Waals surface area (Å²) in [5.74, 6) is -0.208. The number of phenolic OH excluding ortho intramolecular Hbond substituents is 2. The second kappa shape index (κ2) is 5.07. The fourth-order valence-electron chi connectivity index (χ4n) is 2.30. The van der Waals surface area contributed by atoms with E-state index in [1.165, 1.54) is 18.2 Å². The van der Waals surface area contributed by atoms with Gasteiger partial charge in [-0.15, -0.1) is 0 Å². The molecule has 0 atom stereocenters. The highest BCUT2D eigenvalue weighted by molar-refractivity contribution is 7.91. The summed E-state index contributed by atoms with van der Waals surface area (Å²) in [7, 11) is -3.85. The number of sulfone groups is 1. The minimum atomic E-state index is -3.85.